The van der Waals surface area contributed by atoms with E-state index in [1.54, 1.807) is 6.33 Å². The summed E-state index contributed by atoms with van der Waals surface area (Å²) in [6.07, 6.45) is 6.90. The van der Waals surface area contributed by atoms with E-state index < -0.39 is 0 Å². The molecule has 1 aromatic carbocycles. The summed E-state index contributed by atoms with van der Waals surface area (Å²) in [6, 6.07) is 8.49. The van der Waals surface area contributed by atoms with Crippen LogP contribution in [0.2, 0.25) is 0 Å². The lowest BCUT2D eigenvalue weighted by atomic mass is 10.1. The normalized spacial score (nSPS) is 17.3. The zero-order valence-electron chi connectivity index (χ0n) is 16.1. The van der Waals surface area contributed by atoms with E-state index in [1.807, 2.05) is 35.5 Å². The van der Waals surface area contributed by atoms with Crippen molar-refractivity contribution in [2.75, 3.05) is 31.1 Å². The Balaban J connectivity index is 1.30. The maximum Gasteiger partial charge on any atom is 0.253 e. The third-order valence-corrected chi connectivity index (χ3v) is 5.76. The van der Waals surface area contributed by atoms with E-state index in [0.29, 0.717) is 19.1 Å². The van der Waals surface area contributed by atoms with Crippen molar-refractivity contribution in [1.82, 2.24) is 24.4 Å². The first-order valence-electron chi connectivity index (χ1n) is 10.1. The molecule has 0 atom stereocenters. The number of hydrogen-bond acceptors (Lipinski definition) is 5. The molecule has 1 saturated heterocycles. The van der Waals surface area contributed by atoms with Gasteiger partial charge >= 0.3 is 0 Å². The molecule has 0 unspecified atom stereocenters. The number of fused-ring (bicyclic) bond motifs is 1. The van der Waals surface area contributed by atoms with Crippen LogP contribution in [-0.2, 0) is 6.42 Å². The predicted octanol–water partition coefficient (Wildman–Crippen LogP) is 2.69. The first kappa shape index (κ1) is 17.2. The van der Waals surface area contributed by atoms with Crippen molar-refractivity contribution < 1.29 is 4.79 Å². The van der Waals surface area contributed by atoms with Gasteiger partial charge < -0.3 is 14.4 Å². The molecule has 1 amide bonds. The van der Waals surface area contributed by atoms with Crippen LogP contribution in [0.25, 0.3) is 11.2 Å². The van der Waals surface area contributed by atoms with Crippen molar-refractivity contribution in [3.63, 3.8) is 0 Å². The Labute approximate surface area is 164 Å². The summed E-state index contributed by atoms with van der Waals surface area (Å²) in [7, 11) is 0. The highest BCUT2D eigenvalue weighted by Crippen LogP contribution is 2.37. The molecule has 0 spiro atoms. The highest BCUT2D eigenvalue weighted by Gasteiger charge is 2.28. The number of hydrogen-bond donors (Lipinski definition) is 0. The van der Waals surface area contributed by atoms with Gasteiger partial charge in [0, 0.05) is 37.8 Å². The Hall–Kier alpha value is -2.96. The lowest BCUT2D eigenvalue weighted by molar-refractivity contribution is 0.0746. The van der Waals surface area contributed by atoms with E-state index in [0.717, 1.165) is 42.1 Å². The number of rotatable bonds is 4. The maximum absolute atomic E-state index is 12.8. The SMILES string of the molecule is CCc1ccc(C(=O)N2CCN(c3ncnc4c3ncn4C3CC3)CC2)cc1. The van der Waals surface area contributed by atoms with Crippen LogP contribution >= 0.6 is 0 Å². The van der Waals surface area contributed by atoms with Gasteiger partial charge in [-0.25, -0.2) is 15.0 Å². The van der Waals surface area contributed by atoms with Crippen LogP contribution in [0.3, 0.4) is 0 Å². The molecule has 0 bridgehead atoms. The van der Waals surface area contributed by atoms with Gasteiger partial charge in [-0.15, -0.1) is 0 Å². The fraction of sp³-hybridized carbons (Fsp3) is 0.429. The number of piperazine rings is 1. The zero-order chi connectivity index (χ0) is 19.1. The van der Waals surface area contributed by atoms with E-state index in [2.05, 4.69) is 31.3 Å². The summed E-state index contributed by atoms with van der Waals surface area (Å²) in [5.74, 6) is 0.983. The van der Waals surface area contributed by atoms with Crippen LogP contribution in [-0.4, -0.2) is 56.5 Å². The molecule has 2 aromatic heterocycles. The molecule has 0 radical (unpaired) electrons. The Bertz CT molecular complexity index is 999. The van der Waals surface area contributed by atoms with Gasteiger partial charge in [0.2, 0.25) is 0 Å². The van der Waals surface area contributed by atoms with Gasteiger partial charge in [0.05, 0.1) is 6.33 Å². The molecule has 0 N–H and O–H groups in total. The number of aromatic nitrogens is 4. The summed E-state index contributed by atoms with van der Waals surface area (Å²) in [4.78, 5) is 30.5. The summed E-state index contributed by atoms with van der Waals surface area (Å²) >= 11 is 0. The molecule has 1 aliphatic heterocycles. The van der Waals surface area contributed by atoms with Gasteiger partial charge in [-0.05, 0) is 37.0 Å². The third kappa shape index (κ3) is 3.00. The van der Waals surface area contributed by atoms with Crippen molar-refractivity contribution in [1.29, 1.82) is 0 Å². The van der Waals surface area contributed by atoms with Crippen LogP contribution in [0, 0.1) is 0 Å². The van der Waals surface area contributed by atoms with Crippen LogP contribution < -0.4 is 4.90 Å². The van der Waals surface area contributed by atoms with Gasteiger partial charge in [0.25, 0.3) is 5.91 Å². The molecule has 7 nitrogen and oxygen atoms in total. The summed E-state index contributed by atoms with van der Waals surface area (Å²) < 4.78 is 2.17. The van der Waals surface area contributed by atoms with Crippen molar-refractivity contribution >= 4 is 22.9 Å². The number of anilines is 1. The second-order valence-electron chi connectivity index (χ2n) is 7.58. The van der Waals surface area contributed by atoms with Gasteiger partial charge in [0.1, 0.15) is 6.33 Å². The molecule has 7 heteroatoms. The minimum Gasteiger partial charge on any atom is -0.351 e. The first-order chi connectivity index (χ1) is 13.7. The fourth-order valence-corrected chi connectivity index (χ4v) is 3.88. The van der Waals surface area contributed by atoms with Crippen molar-refractivity contribution in [3.05, 3.63) is 48.0 Å². The monoisotopic (exact) mass is 376 g/mol. The van der Waals surface area contributed by atoms with Gasteiger partial charge in [0.15, 0.2) is 17.0 Å². The summed E-state index contributed by atoms with van der Waals surface area (Å²) in [5.41, 5.74) is 3.80. The molecular weight excluding hydrogens is 352 g/mol. The molecule has 144 valence electrons. The fourth-order valence-electron chi connectivity index (χ4n) is 3.88. The Morgan fingerprint density at radius 3 is 2.46 bits per heavy atom. The van der Waals surface area contributed by atoms with Gasteiger partial charge in [-0.3, -0.25) is 4.79 Å². The largest absolute Gasteiger partial charge is 0.351 e. The minimum atomic E-state index is 0.105. The molecule has 3 aromatic rings. The van der Waals surface area contributed by atoms with Crippen molar-refractivity contribution in [3.8, 4) is 0 Å². The number of benzene rings is 1. The van der Waals surface area contributed by atoms with Crippen LogP contribution in [0.15, 0.2) is 36.9 Å². The summed E-state index contributed by atoms with van der Waals surface area (Å²) in [6.45, 7) is 4.99. The number of imidazole rings is 1. The van der Waals surface area contributed by atoms with Crippen molar-refractivity contribution in [2.45, 2.75) is 32.2 Å². The predicted molar refractivity (Wildman–Crippen MR) is 108 cm³/mol. The van der Waals surface area contributed by atoms with E-state index >= 15 is 0 Å². The standard InChI is InChI=1S/C21H24N6O/c1-2-15-3-5-16(6-4-15)21(28)26-11-9-25(10-12-26)19-18-20(23-13-22-19)27(14-24-18)17-7-8-17/h3-6,13-14,17H,2,7-12H2,1H3. The number of aryl methyl sites for hydroxylation is 1. The average Bonchev–Trinajstić information content (AvgIpc) is 3.51. The van der Waals surface area contributed by atoms with E-state index in [4.69, 9.17) is 0 Å². The lowest BCUT2D eigenvalue weighted by Crippen LogP contribution is -2.49. The molecule has 28 heavy (non-hydrogen) atoms. The maximum atomic E-state index is 12.8. The minimum absolute atomic E-state index is 0.105. The number of carbonyl (C=O) groups is 1. The van der Waals surface area contributed by atoms with Gasteiger partial charge in [-0.1, -0.05) is 19.1 Å². The number of nitrogens with zero attached hydrogens (tertiary/aromatic N) is 6. The third-order valence-electron chi connectivity index (χ3n) is 5.76. The Kier molecular flexibility index (Phi) is 4.22. The molecule has 3 heterocycles. The van der Waals surface area contributed by atoms with Crippen LogP contribution in [0.5, 0.6) is 0 Å². The van der Waals surface area contributed by atoms with E-state index in [9.17, 15) is 4.79 Å². The molecule has 1 aliphatic carbocycles. The second kappa shape index (κ2) is 6.89. The summed E-state index contributed by atoms with van der Waals surface area (Å²) in [5, 5.41) is 0. The molecule has 1 saturated carbocycles. The molecule has 5 rings (SSSR count). The lowest BCUT2D eigenvalue weighted by Gasteiger charge is -2.35. The van der Waals surface area contributed by atoms with Crippen molar-refractivity contribution in [2.24, 2.45) is 0 Å². The van der Waals surface area contributed by atoms with Crippen LogP contribution in [0.1, 0.15) is 41.7 Å². The first-order valence-corrected chi connectivity index (χ1v) is 10.1. The number of amides is 1. The Morgan fingerprint density at radius 1 is 1.04 bits per heavy atom. The second-order valence-corrected chi connectivity index (χ2v) is 7.58. The van der Waals surface area contributed by atoms with Crippen LogP contribution in [0.4, 0.5) is 5.82 Å². The quantitative estimate of drug-likeness (QED) is 0.700. The highest BCUT2D eigenvalue weighted by molar-refractivity contribution is 5.94. The molecular formula is C21H24N6O. The molecule has 2 fully saturated rings. The topological polar surface area (TPSA) is 67.2 Å². The zero-order valence-corrected chi connectivity index (χ0v) is 16.1. The molecule has 2 aliphatic rings. The number of carbonyl (C=O) groups excluding carboxylic acids is 1. The van der Waals surface area contributed by atoms with E-state index in [1.165, 1.54) is 18.4 Å². The van der Waals surface area contributed by atoms with Gasteiger partial charge in [-0.2, -0.15) is 0 Å². The smallest absolute Gasteiger partial charge is 0.253 e. The average molecular weight is 376 g/mol. The highest BCUT2D eigenvalue weighted by atomic mass is 16.2. The Morgan fingerprint density at radius 2 is 1.79 bits per heavy atom. The van der Waals surface area contributed by atoms with E-state index in [-0.39, 0.29) is 5.91 Å².